The Bertz CT molecular complexity index is 320. The number of carbonyl (C=O) groups excluding carboxylic acids is 1. The number of hydrogen-bond donors (Lipinski definition) is 2. The first-order valence-corrected chi connectivity index (χ1v) is 8.24. The lowest BCUT2D eigenvalue weighted by Gasteiger charge is -2.17. The van der Waals surface area contributed by atoms with Crippen molar-refractivity contribution in [2.24, 2.45) is 5.92 Å². The Morgan fingerprint density at radius 1 is 1.26 bits per heavy atom. The van der Waals surface area contributed by atoms with Crippen molar-refractivity contribution in [1.82, 2.24) is 5.32 Å². The van der Waals surface area contributed by atoms with Crippen LogP contribution in [0.15, 0.2) is 0 Å². The van der Waals surface area contributed by atoms with Gasteiger partial charge in [-0.05, 0) is 12.3 Å². The van der Waals surface area contributed by atoms with Gasteiger partial charge in [-0.1, -0.05) is 33.1 Å². The molecule has 0 saturated carbocycles. The summed E-state index contributed by atoms with van der Waals surface area (Å²) in [6.07, 6.45) is 4.18. The van der Waals surface area contributed by atoms with E-state index in [1.165, 1.54) is 6.92 Å². The lowest BCUT2D eigenvalue weighted by Crippen LogP contribution is -2.44. The van der Waals surface area contributed by atoms with E-state index < -0.39 is 28.7 Å². The van der Waals surface area contributed by atoms with E-state index in [0.717, 1.165) is 25.7 Å². The Kier molecular flexibility index (Phi) is 9.47. The standard InChI is InChI=1S/C13H25NO4S/c1-4-6-7-11(5-2)8-19(18)9-12(13(16)17)14-10(3)15/h11-12H,4-9H2,1-3H3,(H,14,15)(H,16,17)/t11?,12-,19?/m0/s1. The predicted molar refractivity (Wildman–Crippen MR) is 76.4 cm³/mol. The maximum atomic E-state index is 12.0. The van der Waals surface area contributed by atoms with Crippen LogP contribution in [0, 0.1) is 5.92 Å². The van der Waals surface area contributed by atoms with E-state index in [-0.39, 0.29) is 5.75 Å². The topological polar surface area (TPSA) is 83.5 Å². The monoisotopic (exact) mass is 291 g/mol. The summed E-state index contributed by atoms with van der Waals surface area (Å²) in [5, 5.41) is 11.3. The van der Waals surface area contributed by atoms with Crippen LogP contribution in [0.4, 0.5) is 0 Å². The minimum Gasteiger partial charge on any atom is -0.480 e. The largest absolute Gasteiger partial charge is 0.480 e. The second-order valence-corrected chi connectivity index (χ2v) is 6.33. The van der Waals surface area contributed by atoms with Crippen LogP contribution in [0.3, 0.4) is 0 Å². The summed E-state index contributed by atoms with van der Waals surface area (Å²) in [6, 6.07) is -1.05. The molecule has 0 heterocycles. The smallest absolute Gasteiger partial charge is 0.327 e. The molecule has 0 rings (SSSR count). The first-order valence-electron chi connectivity index (χ1n) is 6.75. The molecule has 0 aromatic rings. The molecule has 0 spiro atoms. The lowest BCUT2D eigenvalue weighted by molar-refractivity contribution is -0.140. The van der Waals surface area contributed by atoms with Crippen molar-refractivity contribution in [3.8, 4) is 0 Å². The van der Waals surface area contributed by atoms with Crippen LogP contribution >= 0.6 is 0 Å². The van der Waals surface area contributed by atoms with Crippen molar-refractivity contribution >= 4 is 22.7 Å². The summed E-state index contributed by atoms with van der Waals surface area (Å²) in [5.41, 5.74) is 0. The van der Waals surface area contributed by atoms with Gasteiger partial charge in [0.2, 0.25) is 5.91 Å². The fraction of sp³-hybridized carbons (Fsp3) is 0.846. The number of aliphatic carboxylic acids is 1. The van der Waals surface area contributed by atoms with E-state index in [4.69, 9.17) is 5.11 Å². The normalized spacial score (nSPS) is 15.5. The Hall–Kier alpha value is -0.910. The van der Waals surface area contributed by atoms with Crippen molar-refractivity contribution in [3.63, 3.8) is 0 Å². The molecule has 112 valence electrons. The van der Waals surface area contributed by atoms with Crippen molar-refractivity contribution in [2.45, 2.75) is 52.5 Å². The predicted octanol–water partition coefficient (Wildman–Crippen LogP) is 1.54. The summed E-state index contributed by atoms with van der Waals surface area (Å²) in [6.45, 7) is 5.43. The molecule has 0 aromatic carbocycles. The minimum atomic E-state index is -1.22. The summed E-state index contributed by atoms with van der Waals surface area (Å²) >= 11 is 0. The molecule has 6 heteroatoms. The van der Waals surface area contributed by atoms with E-state index in [0.29, 0.717) is 11.7 Å². The average Bonchev–Trinajstić information content (AvgIpc) is 2.32. The third kappa shape index (κ3) is 8.75. The van der Waals surface area contributed by atoms with E-state index in [2.05, 4.69) is 19.2 Å². The molecule has 0 saturated heterocycles. The highest BCUT2D eigenvalue weighted by Crippen LogP contribution is 2.14. The Morgan fingerprint density at radius 2 is 1.89 bits per heavy atom. The minimum absolute atomic E-state index is 0.0163. The van der Waals surface area contributed by atoms with Gasteiger partial charge in [0.1, 0.15) is 6.04 Å². The third-order valence-electron chi connectivity index (χ3n) is 2.99. The van der Waals surface area contributed by atoms with Crippen LogP contribution in [0.2, 0.25) is 0 Å². The van der Waals surface area contributed by atoms with Gasteiger partial charge in [0, 0.05) is 23.5 Å². The molecular weight excluding hydrogens is 266 g/mol. The number of nitrogens with one attached hydrogen (secondary N) is 1. The number of carbonyl (C=O) groups is 2. The molecule has 0 fully saturated rings. The van der Waals surface area contributed by atoms with E-state index in [1.807, 2.05) is 0 Å². The fourth-order valence-corrected chi connectivity index (χ4v) is 3.50. The maximum absolute atomic E-state index is 12.0. The Morgan fingerprint density at radius 3 is 2.32 bits per heavy atom. The van der Waals surface area contributed by atoms with Gasteiger partial charge in [-0.2, -0.15) is 0 Å². The number of carboxylic acid groups (broad SMARTS) is 1. The van der Waals surface area contributed by atoms with Gasteiger partial charge in [-0.25, -0.2) is 4.79 Å². The van der Waals surface area contributed by atoms with Crippen LogP contribution in [0.1, 0.15) is 46.5 Å². The molecule has 0 aliphatic rings. The molecule has 0 radical (unpaired) electrons. The van der Waals surface area contributed by atoms with Gasteiger partial charge in [-0.3, -0.25) is 9.00 Å². The van der Waals surface area contributed by atoms with E-state index >= 15 is 0 Å². The van der Waals surface area contributed by atoms with Gasteiger partial charge in [0.25, 0.3) is 0 Å². The van der Waals surface area contributed by atoms with E-state index in [9.17, 15) is 13.8 Å². The molecule has 0 bridgehead atoms. The highest BCUT2D eigenvalue weighted by molar-refractivity contribution is 7.85. The Labute approximate surface area is 117 Å². The first kappa shape index (κ1) is 18.1. The molecule has 0 aromatic heterocycles. The number of unbranched alkanes of at least 4 members (excludes halogenated alkanes) is 1. The molecule has 19 heavy (non-hydrogen) atoms. The summed E-state index contributed by atoms with van der Waals surface area (Å²) in [4.78, 5) is 21.8. The molecule has 5 nitrogen and oxygen atoms in total. The van der Waals surface area contributed by atoms with Crippen molar-refractivity contribution in [1.29, 1.82) is 0 Å². The van der Waals surface area contributed by atoms with Gasteiger partial charge in [0.15, 0.2) is 0 Å². The molecule has 0 aliphatic carbocycles. The second-order valence-electron chi connectivity index (χ2n) is 4.78. The zero-order valence-electron chi connectivity index (χ0n) is 12.0. The zero-order valence-corrected chi connectivity index (χ0v) is 12.8. The van der Waals surface area contributed by atoms with Gasteiger partial charge < -0.3 is 10.4 Å². The SMILES string of the molecule is CCCCC(CC)CS(=O)C[C@H](NC(C)=O)C(=O)O. The van der Waals surface area contributed by atoms with Gasteiger partial charge >= 0.3 is 5.97 Å². The zero-order chi connectivity index (χ0) is 14.8. The van der Waals surface area contributed by atoms with Crippen molar-refractivity contribution < 1.29 is 18.9 Å². The maximum Gasteiger partial charge on any atom is 0.327 e. The van der Waals surface area contributed by atoms with Crippen LogP contribution < -0.4 is 5.32 Å². The number of carboxylic acids is 1. The number of rotatable bonds is 10. The number of amides is 1. The highest BCUT2D eigenvalue weighted by Gasteiger charge is 2.22. The average molecular weight is 291 g/mol. The third-order valence-corrected chi connectivity index (χ3v) is 4.54. The number of hydrogen-bond acceptors (Lipinski definition) is 3. The van der Waals surface area contributed by atoms with E-state index in [1.54, 1.807) is 0 Å². The first-order chi connectivity index (χ1) is 8.90. The molecular formula is C13H25NO4S. The van der Waals surface area contributed by atoms with Crippen LogP contribution in [-0.2, 0) is 20.4 Å². The van der Waals surface area contributed by atoms with Crippen molar-refractivity contribution in [3.05, 3.63) is 0 Å². The molecule has 2 N–H and O–H groups in total. The Balaban J connectivity index is 4.31. The van der Waals surface area contributed by atoms with Gasteiger partial charge in [0.05, 0.1) is 5.75 Å². The summed E-state index contributed by atoms with van der Waals surface area (Å²) in [5.74, 6) is -0.683. The fourth-order valence-electron chi connectivity index (χ4n) is 1.83. The lowest BCUT2D eigenvalue weighted by atomic mass is 10.0. The van der Waals surface area contributed by atoms with Crippen LogP contribution in [0.5, 0.6) is 0 Å². The van der Waals surface area contributed by atoms with Crippen LogP contribution in [0.25, 0.3) is 0 Å². The van der Waals surface area contributed by atoms with Crippen molar-refractivity contribution in [2.75, 3.05) is 11.5 Å². The summed E-state index contributed by atoms with van der Waals surface area (Å²) < 4.78 is 12.0. The van der Waals surface area contributed by atoms with Gasteiger partial charge in [-0.15, -0.1) is 0 Å². The molecule has 0 aliphatic heterocycles. The molecule has 2 unspecified atom stereocenters. The van der Waals surface area contributed by atoms with Crippen LogP contribution in [-0.4, -0.2) is 38.7 Å². The molecule has 1 amide bonds. The molecule has 3 atom stereocenters. The summed E-state index contributed by atoms with van der Waals surface area (Å²) in [7, 11) is -1.22. The highest BCUT2D eigenvalue weighted by atomic mass is 32.2. The quantitative estimate of drug-likeness (QED) is 0.639. The second kappa shape index (κ2) is 9.95.